The minimum absolute atomic E-state index is 0.210. The minimum atomic E-state index is -0.572. The van der Waals surface area contributed by atoms with Gasteiger partial charge in [-0.05, 0) is 29.3 Å². The normalized spacial score (nSPS) is 17.0. The van der Waals surface area contributed by atoms with Gasteiger partial charge in [0.05, 0.1) is 14.2 Å². The van der Waals surface area contributed by atoms with Crippen molar-refractivity contribution in [2.75, 3.05) is 20.8 Å². The van der Waals surface area contributed by atoms with Crippen LogP contribution in [0, 0.1) is 11.6 Å². The molecule has 1 atom stereocenters. The van der Waals surface area contributed by atoms with E-state index < -0.39 is 11.6 Å². The number of benzene rings is 2. The molecule has 0 spiro atoms. The summed E-state index contributed by atoms with van der Waals surface area (Å²) in [5.41, 5.74) is 8.00. The van der Waals surface area contributed by atoms with Gasteiger partial charge in [0.15, 0.2) is 11.5 Å². The largest absolute Gasteiger partial charge is 0.493 e. The molecule has 1 unspecified atom stereocenters. The number of fused-ring (bicyclic) bond motifs is 1. The third kappa shape index (κ3) is 2.95. The second-order valence-electron chi connectivity index (χ2n) is 5.80. The molecule has 2 N–H and O–H groups in total. The first-order chi connectivity index (χ1) is 11.6. The summed E-state index contributed by atoms with van der Waals surface area (Å²) in [5, 5.41) is 0. The Labute approximate surface area is 139 Å². The summed E-state index contributed by atoms with van der Waals surface area (Å²) >= 11 is 0. The van der Waals surface area contributed by atoms with Crippen LogP contribution in [-0.4, -0.2) is 25.7 Å². The molecule has 0 saturated carbocycles. The Bertz CT molecular complexity index is 752. The Morgan fingerprint density at radius 2 is 1.88 bits per heavy atom. The highest BCUT2D eigenvalue weighted by Crippen LogP contribution is 2.37. The smallest absolute Gasteiger partial charge is 0.161 e. The van der Waals surface area contributed by atoms with Crippen molar-refractivity contribution in [1.82, 2.24) is 4.90 Å². The second kappa shape index (κ2) is 6.75. The molecule has 0 aromatic heterocycles. The lowest BCUT2D eigenvalue weighted by atomic mass is 10.0. The monoisotopic (exact) mass is 334 g/mol. The molecule has 4 nitrogen and oxygen atoms in total. The molecule has 0 fully saturated rings. The predicted molar refractivity (Wildman–Crippen MR) is 86.9 cm³/mol. The average molecular weight is 334 g/mol. The number of methoxy groups -OCH3 is 2. The number of hydrogen-bond acceptors (Lipinski definition) is 4. The van der Waals surface area contributed by atoms with Crippen molar-refractivity contribution in [2.24, 2.45) is 5.73 Å². The van der Waals surface area contributed by atoms with Crippen LogP contribution >= 0.6 is 0 Å². The summed E-state index contributed by atoms with van der Waals surface area (Å²) in [6.07, 6.45) is 0. The zero-order valence-corrected chi connectivity index (χ0v) is 13.7. The van der Waals surface area contributed by atoms with E-state index in [1.54, 1.807) is 14.2 Å². The molecule has 0 aliphatic carbocycles. The van der Waals surface area contributed by atoms with Gasteiger partial charge in [-0.1, -0.05) is 6.07 Å². The van der Waals surface area contributed by atoms with Crippen LogP contribution in [0.5, 0.6) is 11.5 Å². The Morgan fingerprint density at radius 3 is 2.54 bits per heavy atom. The first-order valence-electron chi connectivity index (χ1n) is 7.70. The van der Waals surface area contributed by atoms with Gasteiger partial charge in [-0.3, -0.25) is 4.90 Å². The van der Waals surface area contributed by atoms with Gasteiger partial charge < -0.3 is 15.2 Å². The third-order valence-corrected chi connectivity index (χ3v) is 4.41. The van der Waals surface area contributed by atoms with Crippen LogP contribution in [0.4, 0.5) is 8.78 Å². The van der Waals surface area contributed by atoms with Crippen LogP contribution < -0.4 is 15.2 Å². The molecular weight excluding hydrogens is 314 g/mol. The quantitative estimate of drug-likeness (QED) is 0.913. The average Bonchev–Trinajstić information content (AvgIpc) is 2.92. The molecule has 0 amide bonds. The van der Waals surface area contributed by atoms with Crippen LogP contribution in [0.2, 0.25) is 0 Å². The van der Waals surface area contributed by atoms with Gasteiger partial charge in [-0.25, -0.2) is 8.78 Å². The molecule has 0 radical (unpaired) electrons. The fourth-order valence-corrected chi connectivity index (χ4v) is 3.25. The van der Waals surface area contributed by atoms with Crippen molar-refractivity contribution >= 4 is 0 Å². The van der Waals surface area contributed by atoms with Crippen molar-refractivity contribution < 1.29 is 18.3 Å². The summed E-state index contributed by atoms with van der Waals surface area (Å²) in [6.45, 7) is 1.25. The Morgan fingerprint density at radius 1 is 1.12 bits per heavy atom. The maximum Gasteiger partial charge on any atom is 0.161 e. The van der Waals surface area contributed by atoms with Gasteiger partial charge in [-0.15, -0.1) is 0 Å². The maximum absolute atomic E-state index is 14.0. The van der Waals surface area contributed by atoms with Gasteiger partial charge >= 0.3 is 0 Å². The van der Waals surface area contributed by atoms with Crippen LogP contribution in [0.25, 0.3) is 0 Å². The molecule has 0 bridgehead atoms. The Hall–Kier alpha value is -2.18. The van der Waals surface area contributed by atoms with Gasteiger partial charge in [0.2, 0.25) is 0 Å². The van der Waals surface area contributed by atoms with Gasteiger partial charge in [0, 0.05) is 37.3 Å². The highest BCUT2D eigenvalue weighted by atomic mass is 19.1. The van der Waals surface area contributed by atoms with E-state index in [2.05, 4.69) is 0 Å². The van der Waals surface area contributed by atoms with E-state index in [0.717, 1.165) is 11.6 Å². The minimum Gasteiger partial charge on any atom is -0.493 e. The molecule has 24 heavy (non-hydrogen) atoms. The fraction of sp³-hybridized carbons (Fsp3) is 0.333. The summed E-state index contributed by atoms with van der Waals surface area (Å²) in [6, 6.07) is 7.73. The van der Waals surface area contributed by atoms with E-state index in [9.17, 15) is 8.78 Å². The Balaban J connectivity index is 1.87. The van der Waals surface area contributed by atoms with Crippen LogP contribution in [-0.2, 0) is 13.1 Å². The standard InChI is InChI=1S/C18H20F2N2O2/c1-23-17-4-3-11(5-18(17)24-2)9-22-10-14-13(16(22)8-21)6-12(19)7-15(14)20/h3-7,16H,8-10,21H2,1-2H3. The first-order valence-corrected chi connectivity index (χ1v) is 7.70. The van der Waals surface area contributed by atoms with Gasteiger partial charge in [0.25, 0.3) is 0 Å². The zero-order chi connectivity index (χ0) is 17.3. The van der Waals surface area contributed by atoms with Crippen molar-refractivity contribution in [3.05, 3.63) is 58.7 Å². The number of hydrogen-bond donors (Lipinski definition) is 1. The number of rotatable bonds is 5. The van der Waals surface area contributed by atoms with Crippen molar-refractivity contribution in [3.8, 4) is 11.5 Å². The van der Waals surface area contributed by atoms with Crippen molar-refractivity contribution in [1.29, 1.82) is 0 Å². The molecule has 6 heteroatoms. The molecule has 3 rings (SSSR count). The second-order valence-corrected chi connectivity index (χ2v) is 5.80. The molecule has 2 aromatic rings. The van der Waals surface area contributed by atoms with Crippen LogP contribution in [0.3, 0.4) is 0 Å². The SMILES string of the molecule is COc1ccc(CN2Cc3c(F)cc(F)cc3C2CN)cc1OC. The van der Waals surface area contributed by atoms with E-state index >= 15 is 0 Å². The zero-order valence-electron chi connectivity index (χ0n) is 13.7. The molecule has 1 aliphatic heterocycles. The lowest BCUT2D eigenvalue weighted by Crippen LogP contribution is -2.27. The third-order valence-electron chi connectivity index (χ3n) is 4.41. The number of halogens is 2. The van der Waals surface area contributed by atoms with Crippen molar-refractivity contribution in [3.63, 3.8) is 0 Å². The molecule has 1 aliphatic rings. The predicted octanol–water partition coefficient (Wildman–Crippen LogP) is 3.00. The first kappa shape index (κ1) is 16.7. The number of nitrogens with two attached hydrogens (primary N) is 1. The summed E-state index contributed by atoms with van der Waals surface area (Å²) < 4.78 is 38.1. The van der Waals surface area contributed by atoms with Crippen molar-refractivity contribution in [2.45, 2.75) is 19.1 Å². The molecule has 0 saturated heterocycles. The molecular formula is C18H20F2N2O2. The lowest BCUT2D eigenvalue weighted by Gasteiger charge is -2.24. The highest BCUT2D eigenvalue weighted by Gasteiger charge is 2.32. The lowest BCUT2D eigenvalue weighted by molar-refractivity contribution is 0.209. The number of nitrogens with zero attached hydrogens (tertiary/aromatic N) is 1. The molecule has 128 valence electrons. The van der Waals surface area contributed by atoms with Gasteiger partial charge in [-0.2, -0.15) is 0 Å². The van der Waals surface area contributed by atoms with Crippen LogP contribution in [0.1, 0.15) is 22.7 Å². The van der Waals surface area contributed by atoms with E-state index in [0.29, 0.717) is 42.3 Å². The topological polar surface area (TPSA) is 47.7 Å². The molecule has 2 aromatic carbocycles. The molecule has 1 heterocycles. The van der Waals surface area contributed by atoms with E-state index in [4.69, 9.17) is 15.2 Å². The van der Waals surface area contributed by atoms with Gasteiger partial charge in [0.1, 0.15) is 11.6 Å². The summed E-state index contributed by atoms with van der Waals surface area (Å²) in [7, 11) is 3.16. The Kier molecular flexibility index (Phi) is 4.69. The fourth-order valence-electron chi connectivity index (χ4n) is 3.25. The van der Waals surface area contributed by atoms with E-state index in [1.807, 2.05) is 23.1 Å². The summed E-state index contributed by atoms with van der Waals surface area (Å²) in [5.74, 6) is 0.193. The summed E-state index contributed by atoms with van der Waals surface area (Å²) in [4.78, 5) is 2.04. The van der Waals surface area contributed by atoms with E-state index in [1.165, 1.54) is 6.07 Å². The van der Waals surface area contributed by atoms with E-state index in [-0.39, 0.29) is 6.04 Å². The van der Waals surface area contributed by atoms with Crippen LogP contribution in [0.15, 0.2) is 30.3 Å². The maximum atomic E-state index is 14.0. The highest BCUT2D eigenvalue weighted by molar-refractivity contribution is 5.43. The number of ether oxygens (including phenoxy) is 2.